The van der Waals surface area contributed by atoms with Crippen LogP contribution in [0.4, 0.5) is 72.4 Å². The van der Waals surface area contributed by atoms with Gasteiger partial charge in [-0.2, -0.15) is 15.0 Å². The first-order valence-corrected chi connectivity index (χ1v) is 34.1. The van der Waals surface area contributed by atoms with Gasteiger partial charge in [-0.25, -0.2) is 41.3 Å². The van der Waals surface area contributed by atoms with Gasteiger partial charge in [0.25, 0.3) is 16.7 Å². The molecule has 6 aromatic heterocycles. The first kappa shape index (κ1) is 88.7. The number of nitrogens with zero attached hydrogens (tertiary/aromatic N) is 9. The molecule has 592 valence electrons. The molecule has 0 unspecified atom stereocenters. The van der Waals surface area contributed by atoms with Crippen molar-refractivity contribution in [1.29, 1.82) is 0 Å². The van der Waals surface area contributed by atoms with E-state index in [9.17, 15) is 50.3 Å². The van der Waals surface area contributed by atoms with E-state index in [1.807, 2.05) is 0 Å². The van der Waals surface area contributed by atoms with E-state index in [2.05, 4.69) is 59.0 Å². The summed E-state index contributed by atoms with van der Waals surface area (Å²) in [4.78, 5) is 85.8. The van der Waals surface area contributed by atoms with Crippen LogP contribution in [0.25, 0.3) is 66.5 Å². The summed E-state index contributed by atoms with van der Waals surface area (Å²) in [5.41, 5.74) is 17.0. The molecule has 0 aliphatic heterocycles. The number of hydrogen-bond acceptors (Lipinski definition) is 22. The molecule has 26 nitrogen and oxygen atoms in total. The standard InChI is InChI=1S/C25H19Cl2F2N5O4.C22H17Cl2F2N5O3.C16H12Cl3N3O3.C6H6F2N2.C3H3ClO.CH4/c1-5-19(35)31-15-7-13(28)14(29)8-16(15)32-25-30-10-11-6-12(24(36)34(2)23(11)33-25)20-21(26)17(37-3)9-18(38-4)22(20)27;1-31-20-9(8-28-22(30-20)29-14-6-12(26)11(25)5-13(14)27)4-10(21(31)32)17-18(23)15(33-2)7-16(34-3)19(17)24;1-22-14-7(6-20-16(19)21-14)4-8(15(22)23)11-12(17)9(24-2)5-10(25-3)13(11)18;7-3-1-5(9)6(10)2-4(3)8;1-2-3(4)5;/h5-10H,1H2,2-4H3,(H,31,35)(H,30,32,33);4-8H,27H2,1-3H3,(H,28,29,30);4-6H,1-3H3;1-2H,9-10H2;2H,1H2;1H4. The molecule has 0 saturated heterocycles. The highest BCUT2D eigenvalue weighted by atomic mass is 35.5. The van der Waals surface area contributed by atoms with Gasteiger partial charge in [-0.05, 0) is 53.6 Å². The number of carbonyl (C=O) groups is 2. The van der Waals surface area contributed by atoms with Crippen molar-refractivity contribution >= 4 is 183 Å². The number of nitrogens with two attached hydrogens (primary N) is 3. The Kier molecular flexibility index (Phi) is 30.0. The third-order valence-electron chi connectivity index (χ3n) is 15.7. The molecule has 12 rings (SSSR count). The molecule has 0 spiro atoms. The highest BCUT2D eigenvalue weighted by molar-refractivity contribution is 6.66. The number of nitrogen functional groups attached to an aromatic ring is 3. The number of methoxy groups -OCH3 is 6. The maximum Gasteiger partial charge on any atom is 0.259 e. The molecule has 0 fully saturated rings. The van der Waals surface area contributed by atoms with Crippen LogP contribution in [0.1, 0.15) is 7.43 Å². The van der Waals surface area contributed by atoms with Crippen LogP contribution in [-0.2, 0) is 30.7 Å². The molecule has 113 heavy (non-hydrogen) atoms. The summed E-state index contributed by atoms with van der Waals surface area (Å²) in [6, 6.07) is 14.3. The fourth-order valence-electron chi connectivity index (χ4n) is 10.2. The minimum absolute atomic E-state index is 0. The fraction of sp³-hybridized carbons (Fsp3) is 0.137. The van der Waals surface area contributed by atoms with E-state index in [-0.39, 0.29) is 157 Å². The summed E-state index contributed by atoms with van der Waals surface area (Å²) in [5, 5.41) is 9.82. The highest BCUT2D eigenvalue weighted by Gasteiger charge is 2.27. The molecule has 1 amide bonds. The van der Waals surface area contributed by atoms with Gasteiger partial charge in [0.05, 0.1) is 124 Å². The number of benzene rings is 6. The maximum absolute atomic E-state index is 14.0. The second-order valence-electron chi connectivity index (χ2n) is 22.5. The molecule has 0 atom stereocenters. The molecule has 0 aliphatic carbocycles. The molecule has 6 heterocycles. The Bertz CT molecular complexity index is 5840. The smallest absolute Gasteiger partial charge is 0.259 e. The Balaban J connectivity index is 0.000000217. The maximum atomic E-state index is 14.0. The average molecular weight is 1720 g/mol. The molecular formula is C73H61Cl8F6N15O11. The summed E-state index contributed by atoms with van der Waals surface area (Å²) in [6.45, 7) is 6.41. The zero-order chi connectivity index (χ0) is 82.8. The minimum atomic E-state index is -1.17. The number of halogens is 14. The number of rotatable bonds is 16. The first-order valence-electron chi connectivity index (χ1n) is 31.1. The van der Waals surface area contributed by atoms with E-state index in [1.54, 1.807) is 25.2 Å². The molecule has 12 aromatic rings. The Labute approximate surface area is 677 Å². The largest absolute Gasteiger partial charge is 0.495 e. The van der Waals surface area contributed by atoms with Crippen LogP contribution in [0.5, 0.6) is 34.5 Å². The van der Waals surface area contributed by atoms with E-state index in [4.69, 9.17) is 138 Å². The predicted molar refractivity (Wildman–Crippen MR) is 431 cm³/mol. The van der Waals surface area contributed by atoms with Gasteiger partial charge < -0.3 is 61.6 Å². The third-order valence-corrected chi connectivity index (χ3v) is 18.3. The molecule has 0 bridgehead atoms. The average Bonchev–Trinajstić information content (AvgIpc) is 0.765. The zero-order valence-electron chi connectivity index (χ0n) is 59.3. The third kappa shape index (κ3) is 19.5. The van der Waals surface area contributed by atoms with E-state index in [0.717, 1.165) is 48.6 Å². The zero-order valence-corrected chi connectivity index (χ0v) is 65.3. The number of fused-ring (bicyclic) bond motifs is 3. The number of hydrogen-bond donors (Lipinski definition) is 6. The Hall–Kier alpha value is -11.5. The van der Waals surface area contributed by atoms with Crippen LogP contribution in [-0.4, -0.2) is 97.4 Å². The number of ether oxygens (including phenoxy) is 6. The summed E-state index contributed by atoms with van der Waals surface area (Å²) in [6.07, 6.45) is 6.40. The first-order chi connectivity index (χ1) is 53.0. The summed E-state index contributed by atoms with van der Waals surface area (Å²) in [5.74, 6) is -5.38. The number of nitrogens with one attached hydrogen (secondary N) is 3. The van der Waals surface area contributed by atoms with Crippen LogP contribution in [0.15, 0.2) is 131 Å². The summed E-state index contributed by atoms with van der Waals surface area (Å²) < 4.78 is 115. The quantitative estimate of drug-likeness (QED) is 0.0172. The van der Waals surface area contributed by atoms with Gasteiger partial charge in [0.1, 0.15) is 51.4 Å². The van der Waals surface area contributed by atoms with Crippen molar-refractivity contribution in [3.63, 3.8) is 0 Å². The molecule has 40 heteroatoms. The lowest BCUT2D eigenvalue weighted by Gasteiger charge is -2.16. The van der Waals surface area contributed by atoms with Crippen molar-refractivity contribution in [3.05, 3.63) is 218 Å². The Morgan fingerprint density at radius 1 is 0.416 bits per heavy atom. The van der Waals surface area contributed by atoms with Gasteiger partial charge in [-0.3, -0.25) is 37.7 Å². The number of aromatic nitrogens is 9. The van der Waals surface area contributed by atoms with Crippen molar-refractivity contribution < 1.29 is 64.4 Å². The van der Waals surface area contributed by atoms with Crippen LogP contribution in [0.2, 0.25) is 35.4 Å². The Morgan fingerprint density at radius 2 is 0.690 bits per heavy atom. The van der Waals surface area contributed by atoms with E-state index in [1.165, 1.54) is 107 Å². The normalized spacial score (nSPS) is 10.5. The van der Waals surface area contributed by atoms with Crippen molar-refractivity contribution in [3.8, 4) is 67.9 Å². The minimum Gasteiger partial charge on any atom is -0.495 e. The van der Waals surface area contributed by atoms with Crippen LogP contribution >= 0.6 is 92.8 Å². The molecule has 0 saturated carbocycles. The number of pyridine rings is 3. The highest BCUT2D eigenvalue weighted by Crippen LogP contribution is 2.49. The van der Waals surface area contributed by atoms with Crippen LogP contribution in [0, 0.1) is 34.9 Å². The van der Waals surface area contributed by atoms with Crippen molar-refractivity contribution in [2.24, 2.45) is 21.1 Å². The molecular weight excluding hydrogens is 1660 g/mol. The van der Waals surface area contributed by atoms with E-state index in [0.29, 0.717) is 38.9 Å². The molecule has 6 aromatic carbocycles. The molecule has 9 N–H and O–H groups in total. The lowest BCUT2D eigenvalue weighted by Crippen LogP contribution is -2.20. The monoisotopic (exact) mass is 1720 g/mol. The van der Waals surface area contributed by atoms with Gasteiger partial charge >= 0.3 is 0 Å². The van der Waals surface area contributed by atoms with Crippen LogP contribution in [0.3, 0.4) is 0 Å². The number of carbonyl (C=O) groups excluding carboxylic acids is 2. The molecule has 0 radical (unpaired) electrons. The predicted octanol–water partition coefficient (Wildman–Crippen LogP) is 17.1. The Morgan fingerprint density at radius 3 is 1.00 bits per heavy atom. The number of aryl methyl sites for hydroxylation is 3. The summed E-state index contributed by atoms with van der Waals surface area (Å²) in [7, 11) is 13.2. The number of amides is 1. The fourth-order valence-corrected chi connectivity index (χ4v) is 12.4. The number of allylic oxidation sites excluding steroid dienone is 1. The van der Waals surface area contributed by atoms with Crippen LogP contribution < -0.4 is 78.3 Å². The SMILES string of the molecule is C.C=CC(=O)Cl.C=CC(=O)Nc1cc(F)c(F)cc1Nc1ncc2cc(-c3c(Cl)c(OC)cc(OC)c3Cl)c(=O)n(C)c2n1.COc1cc(OC)c(Cl)c(-c2cc3cnc(Cl)nc3n(C)c2=O)c1Cl.COc1cc(OC)c(Cl)c(-c2cc3cnc(Nc4cc(F)c(F)cc4N)nc3n(C)c2=O)c1Cl.Nc1cc(F)c(F)cc1N. The van der Waals surface area contributed by atoms with E-state index >= 15 is 0 Å². The molecule has 0 aliphatic rings. The number of anilines is 8. The summed E-state index contributed by atoms with van der Waals surface area (Å²) >= 11 is 49.3. The van der Waals surface area contributed by atoms with Gasteiger partial charge in [0.2, 0.25) is 28.3 Å². The second-order valence-corrected chi connectivity index (χ2v) is 25.5. The lowest BCUT2D eigenvalue weighted by molar-refractivity contribution is -0.112. The van der Waals surface area contributed by atoms with E-state index < -0.39 is 57.2 Å². The lowest BCUT2D eigenvalue weighted by atomic mass is 10.0. The second kappa shape index (κ2) is 38.2. The topological polar surface area (TPSA) is 347 Å². The van der Waals surface area contributed by atoms with Gasteiger partial charge in [0, 0.05) is 127 Å². The van der Waals surface area contributed by atoms with Crippen molar-refractivity contribution in [2.75, 3.05) is 75.8 Å². The van der Waals surface area contributed by atoms with Gasteiger partial charge in [-0.1, -0.05) is 90.2 Å². The van der Waals surface area contributed by atoms with Crippen molar-refractivity contribution in [1.82, 2.24) is 43.6 Å². The van der Waals surface area contributed by atoms with Gasteiger partial charge in [-0.15, -0.1) is 0 Å². The van der Waals surface area contributed by atoms with Crippen molar-refractivity contribution in [2.45, 2.75) is 7.43 Å². The van der Waals surface area contributed by atoms with Gasteiger partial charge in [0.15, 0.2) is 34.9 Å².